The minimum absolute atomic E-state index is 0.0437. The van der Waals surface area contributed by atoms with Crippen LogP contribution < -0.4 is 0 Å². The number of amides is 1. The van der Waals surface area contributed by atoms with Gasteiger partial charge in [0.15, 0.2) is 0 Å². The Kier molecular flexibility index (Phi) is 3.02. The van der Waals surface area contributed by atoms with Gasteiger partial charge in [-0.25, -0.2) is 9.98 Å². The summed E-state index contributed by atoms with van der Waals surface area (Å²) >= 11 is 0. The molecule has 0 aliphatic carbocycles. The molecule has 1 amide bonds. The van der Waals surface area contributed by atoms with Crippen LogP contribution in [-0.4, -0.2) is 35.9 Å². The van der Waals surface area contributed by atoms with Crippen LogP contribution in [0.2, 0.25) is 0 Å². The number of rotatable bonds is 2. The van der Waals surface area contributed by atoms with Crippen molar-refractivity contribution in [3.05, 3.63) is 35.9 Å². The molecule has 0 unspecified atom stereocenters. The number of benzene rings is 1. The van der Waals surface area contributed by atoms with Crippen molar-refractivity contribution in [3.8, 4) is 0 Å². The summed E-state index contributed by atoms with van der Waals surface area (Å²) in [4.78, 5) is 22.0. The van der Waals surface area contributed by atoms with Crippen LogP contribution in [0.5, 0.6) is 0 Å². The highest BCUT2D eigenvalue weighted by Gasteiger charge is 2.32. The van der Waals surface area contributed by atoms with E-state index in [1.54, 1.807) is 0 Å². The molecule has 1 aromatic carbocycles. The molecule has 2 aliphatic rings. The number of hydrogen-bond donors (Lipinski definition) is 0. The van der Waals surface area contributed by atoms with Gasteiger partial charge >= 0.3 is 0 Å². The van der Waals surface area contributed by atoms with Crippen molar-refractivity contribution in [3.63, 3.8) is 0 Å². The van der Waals surface area contributed by atoms with Crippen molar-refractivity contribution in [2.75, 3.05) is 13.1 Å². The molecular weight excluding hydrogens is 226 g/mol. The SMILES string of the molecule is O=C1N=CN=C2CCN(Cc3ccccc3)C[C@H]12. The molecule has 1 fully saturated rings. The van der Waals surface area contributed by atoms with E-state index in [2.05, 4.69) is 27.0 Å². The van der Waals surface area contributed by atoms with E-state index in [9.17, 15) is 4.79 Å². The van der Waals surface area contributed by atoms with E-state index < -0.39 is 0 Å². The van der Waals surface area contributed by atoms with Gasteiger partial charge in [-0.05, 0) is 12.0 Å². The van der Waals surface area contributed by atoms with E-state index in [-0.39, 0.29) is 11.8 Å². The van der Waals surface area contributed by atoms with Crippen molar-refractivity contribution in [2.45, 2.75) is 13.0 Å². The molecule has 0 spiro atoms. The molecule has 1 aromatic rings. The number of hydrogen-bond acceptors (Lipinski definition) is 3. The Morgan fingerprint density at radius 3 is 2.94 bits per heavy atom. The summed E-state index contributed by atoms with van der Waals surface area (Å²) < 4.78 is 0. The molecule has 2 heterocycles. The maximum Gasteiger partial charge on any atom is 0.257 e. The number of nitrogens with zero attached hydrogens (tertiary/aromatic N) is 3. The van der Waals surface area contributed by atoms with Crippen molar-refractivity contribution >= 4 is 18.0 Å². The molecule has 0 bridgehead atoms. The summed E-state index contributed by atoms with van der Waals surface area (Å²) in [6.07, 6.45) is 2.26. The molecular formula is C14H15N3O. The molecule has 0 radical (unpaired) electrons. The molecule has 2 aliphatic heterocycles. The molecule has 92 valence electrons. The number of likely N-dealkylation sites (tertiary alicyclic amines) is 1. The van der Waals surface area contributed by atoms with Crippen molar-refractivity contribution in [1.82, 2.24) is 4.90 Å². The maximum atomic E-state index is 11.7. The van der Waals surface area contributed by atoms with E-state index in [1.807, 2.05) is 18.2 Å². The summed E-state index contributed by atoms with van der Waals surface area (Å²) in [7, 11) is 0. The predicted octanol–water partition coefficient (Wildman–Crippen LogP) is 1.52. The zero-order chi connectivity index (χ0) is 12.4. The minimum Gasteiger partial charge on any atom is -0.298 e. The van der Waals surface area contributed by atoms with Gasteiger partial charge in [-0.1, -0.05) is 30.3 Å². The molecule has 3 rings (SSSR count). The Morgan fingerprint density at radius 2 is 2.11 bits per heavy atom. The van der Waals surface area contributed by atoms with Crippen LogP contribution in [-0.2, 0) is 11.3 Å². The molecule has 4 nitrogen and oxygen atoms in total. The van der Waals surface area contributed by atoms with E-state index in [0.717, 1.165) is 31.8 Å². The first kappa shape index (κ1) is 11.3. The molecule has 1 saturated heterocycles. The van der Waals surface area contributed by atoms with Gasteiger partial charge in [0.2, 0.25) is 0 Å². The van der Waals surface area contributed by atoms with Crippen LogP contribution in [0.15, 0.2) is 40.3 Å². The standard InChI is InChI=1S/C14H15N3O/c18-14-12-9-17(7-6-13(12)15-10-16-14)8-11-4-2-1-3-5-11/h1-5,10,12H,6-9H2/t12-/m0/s1. The quantitative estimate of drug-likeness (QED) is 0.788. The van der Waals surface area contributed by atoms with Gasteiger partial charge in [0.1, 0.15) is 6.34 Å². The van der Waals surface area contributed by atoms with E-state index in [1.165, 1.54) is 11.9 Å². The predicted molar refractivity (Wildman–Crippen MR) is 70.8 cm³/mol. The number of fused-ring (bicyclic) bond motifs is 1. The monoisotopic (exact) mass is 241 g/mol. The number of carbonyl (C=O) groups is 1. The second-order valence-electron chi connectivity index (χ2n) is 4.73. The highest BCUT2D eigenvalue weighted by molar-refractivity contribution is 6.12. The van der Waals surface area contributed by atoms with Crippen molar-refractivity contribution in [1.29, 1.82) is 0 Å². The topological polar surface area (TPSA) is 45.0 Å². The summed E-state index contributed by atoms with van der Waals surface area (Å²) in [5.74, 6) is -0.162. The second-order valence-corrected chi connectivity index (χ2v) is 4.73. The van der Waals surface area contributed by atoms with Gasteiger partial charge in [0.05, 0.1) is 5.92 Å². The molecule has 0 saturated carbocycles. The Hall–Kier alpha value is -1.81. The lowest BCUT2D eigenvalue weighted by Crippen LogP contribution is -2.44. The van der Waals surface area contributed by atoms with Crippen molar-refractivity contribution < 1.29 is 4.79 Å². The van der Waals surface area contributed by atoms with Gasteiger partial charge in [-0.2, -0.15) is 0 Å². The van der Waals surface area contributed by atoms with Gasteiger partial charge in [0, 0.05) is 25.3 Å². The number of piperidine rings is 1. The third kappa shape index (κ3) is 2.24. The Morgan fingerprint density at radius 1 is 1.28 bits per heavy atom. The number of aliphatic imine (C=N–C) groups is 2. The lowest BCUT2D eigenvalue weighted by Gasteiger charge is -2.33. The largest absolute Gasteiger partial charge is 0.298 e. The first-order chi connectivity index (χ1) is 8.83. The first-order valence-electron chi connectivity index (χ1n) is 6.22. The van der Waals surface area contributed by atoms with Crippen LogP contribution in [0.25, 0.3) is 0 Å². The molecule has 1 atom stereocenters. The molecule has 0 N–H and O–H groups in total. The zero-order valence-corrected chi connectivity index (χ0v) is 10.1. The fraction of sp³-hybridized carbons (Fsp3) is 0.357. The molecule has 0 aromatic heterocycles. The fourth-order valence-electron chi connectivity index (χ4n) is 2.51. The van der Waals surface area contributed by atoms with Crippen LogP contribution >= 0.6 is 0 Å². The van der Waals surface area contributed by atoms with Crippen LogP contribution in [0.1, 0.15) is 12.0 Å². The summed E-state index contributed by atoms with van der Waals surface area (Å²) in [5, 5.41) is 0. The molecule has 4 heteroatoms. The van der Waals surface area contributed by atoms with Gasteiger partial charge in [-0.15, -0.1) is 0 Å². The van der Waals surface area contributed by atoms with Gasteiger partial charge in [0.25, 0.3) is 5.91 Å². The Labute approximate surface area is 106 Å². The Balaban J connectivity index is 1.69. The summed E-state index contributed by atoms with van der Waals surface area (Å²) in [6, 6.07) is 10.3. The van der Waals surface area contributed by atoms with Crippen LogP contribution in [0.3, 0.4) is 0 Å². The van der Waals surface area contributed by atoms with Crippen molar-refractivity contribution in [2.24, 2.45) is 15.9 Å². The molecule has 18 heavy (non-hydrogen) atoms. The minimum atomic E-state index is -0.118. The average Bonchev–Trinajstić information content (AvgIpc) is 2.41. The lowest BCUT2D eigenvalue weighted by atomic mass is 9.93. The average molecular weight is 241 g/mol. The highest BCUT2D eigenvalue weighted by atomic mass is 16.1. The van der Waals surface area contributed by atoms with E-state index in [4.69, 9.17) is 0 Å². The van der Waals surface area contributed by atoms with E-state index >= 15 is 0 Å². The highest BCUT2D eigenvalue weighted by Crippen LogP contribution is 2.19. The fourth-order valence-corrected chi connectivity index (χ4v) is 2.51. The van der Waals surface area contributed by atoms with Gasteiger partial charge in [-0.3, -0.25) is 9.69 Å². The van der Waals surface area contributed by atoms with E-state index in [0.29, 0.717) is 0 Å². The lowest BCUT2D eigenvalue weighted by molar-refractivity contribution is -0.120. The Bertz CT molecular complexity index is 507. The first-order valence-corrected chi connectivity index (χ1v) is 6.22. The van der Waals surface area contributed by atoms with Crippen LogP contribution in [0, 0.1) is 5.92 Å². The normalized spacial score (nSPS) is 23.7. The third-order valence-corrected chi connectivity index (χ3v) is 3.48. The smallest absolute Gasteiger partial charge is 0.257 e. The second kappa shape index (κ2) is 4.82. The van der Waals surface area contributed by atoms with Gasteiger partial charge < -0.3 is 0 Å². The number of carbonyl (C=O) groups excluding carboxylic acids is 1. The van der Waals surface area contributed by atoms with Crippen LogP contribution in [0.4, 0.5) is 0 Å². The maximum absolute atomic E-state index is 11.7. The zero-order valence-electron chi connectivity index (χ0n) is 10.1. The third-order valence-electron chi connectivity index (χ3n) is 3.48. The summed E-state index contributed by atoms with van der Waals surface area (Å²) in [5.41, 5.74) is 2.28. The summed E-state index contributed by atoms with van der Waals surface area (Å²) in [6.45, 7) is 2.59.